The van der Waals surface area contributed by atoms with E-state index >= 15 is 0 Å². The molecule has 1 aromatic heterocycles. The van der Waals surface area contributed by atoms with Crippen LogP contribution < -0.4 is 5.69 Å². The van der Waals surface area contributed by atoms with Crippen molar-refractivity contribution in [2.75, 3.05) is 20.2 Å². The van der Waals surface area contributed by atoms with Gasteiger partial charge in [0.2, 0.25) is 0 Å². The van der Waals surface area contributed by atoms with Crippen molar-refractivity contribution in [3.63, 3.8) is 0 Å². The minimum absolute atomic E-state index is 0.0993. The number of imidazole rings is 1. The summed E-state index contributed by atoms with van der Waals surface area (Å²) in [5, 5.41) is 8.85. The van der Waals surface area contributed by atoms with Gasteiger partial charge < -0.3 is 19.7 Å². The first-order valence-electron chi connectivity index (χ1n) is 5.90. The molecule has 104 valence electrons. The molecule has 0 spiro atoms. The number of hydrogen-bond donors (Lipinski definition) is 2. The molecule has 1 fully saturated rings. The first kappa shape index (κ1) is 13.2. The molecule has 0 aromatic carbocycles. The number of piperidine rings is 1. The van der Waals surface area contributed by atoms with Gasteiger partial charge in [0.1, 0.15) is 5.69 Å². The van der Waals surface area contributed by atoms with Crippen molar-refractivity contribution in [3.8, 4) is 0 Å². The molecular weight excluding hydrogens is 254 g/mol. The Morgan fingerprint density at radius 3 is 2.58 bits per heavy atom. The van der Waals surface area contributed by atoms with Gasteiger partial charge in [-0.1, -0.05) is 0 Å². The highest BCUT2D eigenvalue weighted by Gasteiger charge is 2.25. The van der Waals surface area contributed by atoms with E-state index in [1.807, 2.05) is 0 Å². The van der Waals surface area contributed by atoms with Gasteiger partial charge in [0.15, 0.2) is 0 Å². The summed E-state index contributed by atoms with van der Waals surface area (Å²) in [7, 11) is 1.24. The number of ether oxygens (including phenoxy) is 1. The van der Waals surface area contributed by atoms with Gasteiger partial charge >= 0.3 is 17.8 Å². The number of hydrogen-bond acceptors (Lipinski definition) is 4. The zero-order valence-electron chi connectivity index (χ0n) is 10.5. The summed E-state index contributed by atoms with van der Waals surface area (Å²) >= 11 is 0. The van der Waals surface area contributed by atoms with E-state index < -0.39 is 12.1 Å². The van der Waals surface area contributed by atoms with E-state index in [1.54, 1.807) is 0 Å². The molecule has 0 atom stereocenters. The van der Waals surface area contributed by atoms with E-state index in [0.717, 1.165) is 0 Å². The maximum Gasteiger partial charge on any atom is 0.407 e. The summed E-state index contributed by atoms with van der Waals surface area (Å²) < 4.78 is 5.97. The standard InChI is InChI=1S/C11H15N3O5/c1-19-9(15)8-6-14(10(16)12-8)7-2-4-13(5-3-7)11(17)18/h6-7H,2-5H2,1H3,(H,12,16)(H,17,18). The second-order valence-electron chi connectivity index (χ2n) is 4.37. The van der Waals surface area contributed by atoms with Crippen molar-refractivity contribution >= 4 is 12.1 Å². The van der Waals surface area contributed by atoms with Crippen molar-refractivity contribution in [2.45, 2.75) is 18.9 Å². The number of aromatic nitrogens is 2. The highest BCUT2D eigenvalue weighted by Crippen LogP contribution is 2.21. The summed E-state index contributed by atoms with van der Waals surface area (Å²) in [5.74, 6) is -0.598. The molecule has 2 heterocycles. The molecule has 1 amide bonds. The maximum absolute atomic E-state index is 11.7. The third-order valence-corrected chi connectivity index (χ3v) is 3.28. The van der Waals surface area contributed by atoms with E-state index in [4.69, 9.17) is 5.11 Å². The third-order valence-electron chi connectivity index (χ3n) is 3.28. The lowest BCUT2D eigenvalue weighted by Crippen LogP contribution is -2.39. The molecule has 2 N–H and O–H groups in total. The Morgan fingerprint density at radius 2 is 2.05 bits per heavy atom. The smallest absolute Gasteiger partial charge is 0.407 e. The van der Waals surface area contributed by atoms with Crippen LogP contribution in [0.3, 0.4) is 0 Å². The number of aromatic amines is 1. The summed E-state index contributed by atoms with van der Waals surface area (Å²) in [6.45, 7) is 0.760. The van der Waals surface area contributed by atoms with Gasteiger partial charge in [-0.15, -0.1) is 0 Å². The van der Waals surface area contributed by atoms with Crippen molar-refractivity contribution < 1.29 is 19.4 Å². The van der Waals surface area contributed by atoms with Gasteiger partial charge in [0.05, 0.1) is 7.11 Å². The Hall–Kier alpha value is -2.25. The second-order valence-corrected chi connectivity index (χ2v) is 4.37. The molecule has 0 unspecified atom stereocenters. The number of likely N-dealkylation sites (tertiary alicyclic amines) is 1. The molecule has 0 saturated carbocycles. The fraction of sp³-hybridized carbons (Fsp3) is 0.545. The van der Waals surface area contributed by atoms with E-state index in [0.29, 0.717) is 25.9 Å². The number of H-pyrrole nitrogens is 1. The lowest BCUT2D eigenvalue weighted by Gasteiger charge is -2.30. The molecule has 0 bridgehead atoms. The number of methoxy groups -OCH3 is 1. The van der Waals surface area contributed by atoms with Gasteiger partial charge in [-0.2, -0.15) is 0 Å². The van der Waals surface area contributed by atoms with Crippen LogP contribution >= 0.6 is 0 Å². The largest absolute Gasteiger partial charge is 0.465 e. The number of amides is 1. The number of rotatable bonds is 2. The fourth-order valence-electron chi connectivity index (χ4n) is 2.23. The topological polar surface area (TPSA) is 105 Å². The average Bonchev–Trinajstić information content (AvgIpc) is 2.80. The molecule has 1 aromatic rings. The van der Waals surface area contributed by atoms with Gasteiger partial charge in [-0.25, -0.2) is 14.4 Å². The number of carbonyl (C=O) groups excluding carboxylic acids is 1. The first-order valence-corrected chi connectivity index (χ1v) is 5.90. The third kappa shape index (κ3) is 2.61. The molecule has 0 radical (unpaired) electrons. The molecule has 8 heteroatoms. The molecule has 1 saturated heterocycles. The van der Waals surface area contributed by atoms with Crippen LogP contribution in [0.2, 0.25) is 0 Å². The van der Waals surface area contributed by atoms with Crippen LogP contribution in [-0.2, 0) is 4.74 Å². The minimum Gasteiger partial charge on any atom is -0.465 e. The quantitative estimate of drug-likeness (QED) is 0.750. The molecule has 8 nitrogen and oxygen atoms in total. The number of nitrogens with one attached hydrogen (secondary N) is 1. The predicted octanol–water partition coefficient (Wildman–Crippen LogP) is 0.278. The fourth-order valence-corrected chi connectivity index (χ4v) is 2.23. The molecule has 19 heavy (non-hydrogen) atoms. The van der Waals surface area contributed by atoms with Crippen LogP contribution in [0, 0.1) is 0 Å². The van der Waals surface area contributed by atoms with E-state index in [-0.39, 0.29) is 17.4 Å². The Bertz CT molecular complexity index is 539. The summed E-state index contributed by atoms with van der Waals surface area (Å²) in [6, 6.07) is -0.0993. The average molecular weight is 269 g/mol. The summed E-state index contributed by atoms with van der Waals surface area (Å²) in [4.78, 5) is 37.6. The molecule has 2 rings (SSSR count). The van der Waals surface area contributed by atoms with Crippen molar-refractivity contribution in [1.82, 2.24) is 14.5 Å². The lowest BCUT2D eigenvalue weighted by atomic mass is 10.1. The minimum atomic E-state index is -0.949. The summed E-state index contributed by atoms with van der Waals surface area (Å²) in [6.07, 6.45) is 1.57. The van der Waals surface area contributed by atoms with Crippen molar-refractivity contribution in [1.29, 1.82) is 0 Å². The zero-order chi connectivity index (χ0) is 14.0. The SMILES string of the molecule is COC(=O)c1cn(C2CCN(C(=O)O)CC2)c(=O)[nH]1. The molecular formula is C11H15N3O5. The van der Waals surface area contributed by atoms with Crippen molar-refractivity contribution in [2.24, 2.45) is 0 Å². The van der Waals surface area contributed by atoms with Crippen LogP contribution in [0.1, 0.15) is 29.4 Å². The van der Waals surface area contributed by atoms with Crippen LogP contribution in [-0.4, -0.2) is 51.8 Å². The Labute approximate surface area is 108 Å². The van der Waals surface area contributed by atoms with Gasteiger partial charge in [0.25, 0.3) is 0 Å². The number of nitrogens with zero attached hydrogens (tertiary/aromatic N) is 2. The van der Waals surface area contributed by atoms with Gasteiger partial charge in [-0.05, 0) is 12.8 Å². The monoisotopic (exact) mass is 269 g/mol. The first-order chi connectivity index (χ1) is 9.02. The number of esters is 1. The highest BCUT2D eigenvalue weighted by molar-refractivity contribution is 5.86. The normalized spacial score (nSPS) is 16.4. The second kappa shape index (κ2) is 5.17. The van der Waals surface area contributed by atoms with Crippen LogP contribution in [0.5, 0.6) is 0 Å². The van der Waals surface area contributed by atoms with Crippen LogP contribution in [0.25, 0.3) is 0 Å². The molecule has 1 aliphatic heterocycles. The molecule has 0 aliphatic carbocycles. The zero-order valence-corrected chi connectivity index (χ0v) is 10.5. The van der Waals surface area contributed by atoms with Crippen LogP contribution in [0.15, 0.2) is 11.0 Å². The Morgan fingerprint density at radius 1 is 1.42 bits per heavy atom. The maximum atomic E-state index is 11.7. The van der Waals surface area contributed by atoms with E-state index in [2.05, 4.69) is 9.72 Å². The Balaban J connectivity index is 2.12. The predicted molar refractivity (Wildman–Crippen MR) is 64.3 cm³/mol. The number of carbonyl (C=O) groups is 2. The van der Waals surface area contributed by atoms with E-state index in [9.17, 15) is 14.4 Å². The summed E-state index contributed by atoms with van der Waals surface area (Å²) in [5.41, 5.74) is -0.276. The van der Waals surface area contributed by atoms with E-state index in [1.165, 1.54) is 22.8 Å². The van der Waals surface area contributed by atoms with Crippen molar-refractivity contribution in [3.05, 3.63) is 22.4 Å². The highest BCUT2D eigenvalue weighted by atomic mass is 16.5. The Kier molecular flexibility index (Phi) is 3.59. The number of carboxylic acid groups (broad SMARTS) is 1. The van der Waals surface area contributed by atoms with Gasteiger partial charge in [0, 0.05) is 25.3 Å². The van der Waals surface area contributed by atoms with Crippen LogP contribution in [0.4, 0.5) is 4.79 Å². The van der Waals surface area contributed by atoms with Gasteiger partial charge in [-0.3, -0.25) is 4.57 Å². The lowest BCUT2D eigenvalue weighted by molar-refractivity contribution is 0.0594. The molecule has 1 aliphatic rings.